The van der Waals surface area contributed by atoms with Gasteiger partial charge in [-0.05, 0) is 128 Å². The smallest absolute Gasteiger partial charge is 0.348 e. The Morgan fingerprint density at radius 1 is 0.227 bits per heavy atom. The van der Waals surface area contributed by atoms with E-state index in [1.807, 2.05) is 0 Å². The number of hydrogen-bond donors (Lipinski definition) is 0. The maximum atomic E-state index is 10.3. The zero-order valence-electron chi connectivity index (χ0n) is 91.7. The Morgan fingerprint density at radius 3 is 0.591 bits per heavy atom. The summed E-state index contributed by atoms with van der Waals surface area (Å²) in [4.78, 5) is 3.67. The fourth-order valence-electron chi connectivity index (χ4n) is 20.1. The van der Waals surface area contributed by atoms with Gasteiger partial charge in [-0.3, -0.25) is 0 Å². The van der Waals surface area contributed by atoms with E-state index >= 15 is 0 Å². The van der Waals surface area contributed by atoms with Crippen molar-refractivity contribution < 1.29 is 21.3 Å². The van der Waals surface area contributed by atoms with Crippen molar-refractivity contribution in [1.29, 1.82) is 0 Å². The maximum absolute atomic E-state index is 10.3. The number of nitrogens with zero attached hydrogens (tertiary/aromatic N) is 2. The second-order valence-corrected chi connectivity index (χ2v) is 42.3. The minimum Gasteiger partial charge on any atom is -0.348 e. The third kappa shape index (κ3) is 93.8. The van der Waals surface area contributed by atoms with Gasteiger partial charge in [0.25, 0.3) is 0 Å². The van der Waals surface area contributed by atoms with Crippen molar-refractivity contribution in [2.75, 3.05) is 0 Å². The molecule has 0 radical (unpaired) electrons. The third-order valence-electron chi connectivity index (χ3n) is 29.0. The molecule has 3 heteroatoms. The van der Waals surface area contributed by atoms with Crippen molar-refractivity contribution in [3.05, 3.63) is 112 Å². The molecule has 0 aliphatic carbocycles. The van der Waals surface area contributed by atoms with Crippen LogP contribution in [0.3, 0.4) is 0 Å². The Hall–Kier alpha value is -2.43. The van der Waals surface area contributed by atoms with Gasteiger partial charge < -0.3 is 19.4 Å². The number of benzene rings is 2. The molecule has 132 heavy (non-hydrogen) atoms. The molecule has 0 N–H and O–H groups in total. The summed E-state index contributed by atoms with van der Waals surface area (Å²) in [5.41, 5.74) is 22.5. The Balaban J connectivity index is 0. The van der Waals surface area contributed by atoms with Gasteiger partial charge >= 0.3 is 22.4 Å². The first kappa shape index (κ1) is 132. The van der Waals surface area contributed by atoms with Crippen LogP contribution < -0.4 is 0 Å². The van der Waals surface area contributed by atoms with Crippen molar-refractivity contribution in [2.45, 2.75) is 704 Å². The Labute approximate surface area is 843 Å². The topological polar surface area (TPSA) is 36.4 Å². The van der Waals surface area contributed by atoms with Crippen LogP contribution in [0.15, 0.2) is 59.7 Å². The minimum atomic E-state index is 0. The summed E-state index contributed by atoms with van der Waals surface area (Å²) in [6.07, 6.45) is 145. The Bertz CT molecular complexity index is 2530. The average Bonchev–Trinajstić information content (AvgIpc) is 0.784. The fraction of sp³-hybridized carbons (Fsp3) is 0.845. The van der Waals surface area contributed by atoms with E-state index in [1.165, 1.54) is 629 Å². The third-order valence-corrected chi connectivity index (χ3v) is 29.0. The van der Waals surface area contributed by atoms with Gasteiger partial charge in [-0.25, -0.2) is 0 Å². The summed E-state index contributed by atoms with van der Waals surface area (Å²) in [5.74, 6) is 3.18. The molecule has 0 aliphatic heterocycles. The second-order valence-electron chi connectivity index (χ2n) is 42.3. The second kappa shape index (κ2) is 114. The summed E-state index contributed by atoms with van der Waals surface area (Å²) < 4.78 is 0. The van der Waals surface area contributed by atoms with Crippen LogP contribution in [0.2, 0.25) is 0 Å². The molecule has 0 aromatic heterocycles. The van der Waals surface area contributed by atoms with Crippen LogP contribution in [0.5, 0.6) is 0 Å². The van der Waals surface area contributed by atoms with E-state index < -0.39 is 0 Å². The van der Waals surface area contributed by atoms with Crippen molar-refractivity contribution in [2.24, 2.45) is 0 Å². The summed E-state index contributed by atoms with van der Waals surface area (Å²) in [5, 5.41) is 0. The summed E-state index contributed by atoms with van der Waals surface area (Å²) in [6, 6.07) is 15.2. The SMILES string of the molecule is CCCCCCCCCCCCCCCCCCCCCCCCCC=CC(=C=[N+]=[N-])C(CCCC)=C(c1cc(CCCC)cc(CCCC)c1)c1cc(CCCCCCCC)cc(CCCCCCCC)c1.[CH2-]CCCCCCCCCCCCCCCCCCCCCCCCCCCC.[CH2-]CCCCCCCCCCCCCCCCCCCCCCCCCCCC.[Ni+2]. The van der Waals surface area contributed by atoms with Gasteiger partial charge in [-0.2, -0.15) is 12.8 Å². The molecule has 2 aromatic carbocycles. The zero-order chi connectivity index (χ0) is 94.7. The molecule has 2 aromatic rings. The van der Waals surface area contributed by atoms with Crippen molar-refractivity contribution >= 4 is 11.4 Å². The molecule has 0 atom stereocenters. The van der Waals surface area contributed by atoms with Gasteiger partial charge in [0.2, 0.25) is 0 Å². The largest absolute Gasteiger partial charge is 2.00 e. The summed E-state index contributed by atoms with van der Waals surface area (Å²) in [6.45, 7) is 26.3. The van der Waals surface area contributed by atoms with E-state index in [0.717, 1.165) is 69.8 Å². The minimum absolute atomic E-state index is 0. The van der Waals surface area contributed by atoms with Crippen molar-refractivity contribution in [1.82, 2.24) is 0 Å². The molecule has 0 saturated heterocycles. The number of aryl methyl sites for hydroxylation is 4. The maximum Gasteiger partial charge on any atom is 2.00 e. The van der Waals surface area contributed by atoms with Crippen LogP contribution in [-0.2, 0) is 42.2 Å². The molecule has 0 spiro atoms. The monoisotopic (exact) mass is 1870 g/mol. The van der Waals surface area contributed by atoms with Gasteiger partial charge in [0.1, 0.15) is 5.57 Å². The molecule has 0 saturated carbocycles. The predicted octanol–water partition coefficient (Wildman–Crippen LogP) is 46.7. The van der Waals surface area contributed by atoms with E-state index in [-0.39, 0.29) is 16.5 Å². The van der Waals surface area contributed by atoms with E-state index in [9.17, 15) is 5.53 Å². The van der Waals surface area contributed by atoms with Crippen LogP contribution in [0.1, 0.15) is 712 Å². The van der Waals surface area contributed by atoms with Crippen LogP contribution in [0.4, 0.5) is 0 Å². The first-order chi connectivity index (χ1) is 64.9. The molecular weight excluding hydrogens is 1640 g/mol. The van der Waals surface area contributed by atoms with Crippen LogP contribution >= 0.6 is 0 Å². The number of unbranched alkanes of at least 4 members (excludes halogenated alkanes) is 88. The molecular formula is C129H238N2Ni. The van der Waals surface area contributed by atoms with Crippen LogP contribution in [0.25, 0.3) is 11.1 Å². The quantitative estimate of drug-likeness (QED) is 0.0120. The van der Waals surface area contributed by atoms with E-state index in [4.69, 9.17) is 0 Å². The van der Waals surface area contributed by atoms with Crippen LogP contribution in [-0.4, -0.2) is 10.7 Å². The molecule has 0 heterocycles. The van der Waals surface area contributed by atoms with E-state index in [0.29, 0.717) is 0 Å². The average molecular weight is 1880 g/mol. The first-order valence-electron chi connectivity index (χ1n) is 61.1. The van der Waals surface area contributed by atoms with Crippen molar-refractivity contribution in [3.63, 3.8) is 0 Å². The molecule has 2 nitrogen and oxygen atoms in total. The fourth-order valence-corrected chi connectivity index (χ4v) is 20.1. The van der Waals surface area contributed by atoms with Gasteiger partial charge in [0.15, 0.2) is 0 Å². The van der Waals surface area contributed by atoms with Gasteiger partial charge in [-0.1, -0.05) is 656 Å². The Morgan fingerprint density at radius 2 is 0.402 bits per heavy atom. The normalized spacial score (nSPS) is 11.6. The van der Waals surface area contributed by atoms with E-state index in [1.54, 1.807) is 0 Å². The number of hydrogen-bond acceptors (Lipinski definition) is 0. The molecule has 2 rings (SSSR count). The zero-order valence-corrected chi connectivity index (χ0v) is 92.6. The molecule has 0 amide bonds. The number of allylic oxidation sites excluding steroid dienone is 4. The molecule has 0 bridgehead atoms. The molecule has 0 fully saturated rings. The molecule has 0 aliphatic rings. The van der Waals surface area contributed by atoms with Gasteiger partial charge in [0, 0.05) is 0 Å². The number of rotatable bonds is 103. The predicted molar refractivity (Wildman–Crippen MR) is 599 cm³/mol. The van der Waals surface area contributed by atoms with Crippen molar-refractivity contribution in [3.8, 4) is 0 Å². The standard InChI is InChI=1S/C71H120N2.2C29H59.Ni/c1-7-13-19-22-25-26-27-28-29-30-31-32-33-34-35-36-37-38-39-40-41-42-43-46-49-54-67(62-73-72)70(55-18-12-6)71(68-58-63(50-16-10-4)56-64(59-68)51-17-11-5)69-60-65(52-47-44-23-20-14-8-2)57-66(61-69)53-48-45-24-21-15-9-3;2*1-3-5-7-9-11-13-15-17-19-21-23-25-27-29-28-26-24-22-20-18-16-14-12-10-8-6-4-2;/h49,54,56-61H,7-48,50-53,55H2,1-6H3;2*1,3-29H2,2H3;/q;2*-1;+2. The van der Waals surface area contributed by atoms with Gasteiger partial charge in [0.05, 0.1) is 0 Å². The summed E-state index contributed by atoms with van der Waals surface area (Å²) >= 11 is 0. The summed E-state index contributed by atoms with van der Waals surface area (Å²) in [7, 11) is 0. The molecule has 0 unspecified atom stereocenters. The van der Waals surface area contributed by atoms with E-state index in [2.05, 4.69) is 128 Å². The first-order valence-corrected chi connectivity index (χ1v) is 61.1. The Kier molecular flexibility index (Phi) is 114. The molecule has 774 valence electrons. The van der Waals surface area contributed by atoms with Gasteiger partial charge in [-0.15, -0.1) is 4.79 Å². The van der Waals surface area contributed by atoms with Crippen LogP contribution in [0, 0.1) is 13.8 Å².